The summed E-state index contributed by atoms with van der Waals surface area (Å²) in [7, 11) is 0. The maximum atomic E-state index is 12.3. The van der Waals surface area contributed by atoms with Gasteiger partial charge in [-0.3, -0.25) is 4.79 Å². The number of benzene rings is 1. The molecule has 4 heteroatoms. The van der Waals surface area contributed by atoms with E-state index in [0.29, 0.717) is 25.5 Å². The second kappa shape index (κ2) is 7.46. The van der Waals surface area contributed by atoms with E-state index in [4.69, 9.17) is 10.5 Å². The molecule has 0 atom stereocenters. The van der Waals surface area contributed by atoms with Gasteiger partial charge in [-0.15, -0.1) is 0 Å². The lowest BCUT2D eigenvalue weighted by Crippen LogP contribution is -2.33. The van der Waals surface area contributed by atoms with Crippen LogP contribution in [0.15, 0.2) is 18.2 Å². The minimum atomic E-state index is 0.186. The van der Waals surface area contributed by atoms with Gasteiger partial charge < -0.3 is 15.4 Å². The van der Waals surface area contributed by atoms with Crippen LogP contribution in [-0.4, -0.2) is 25.7 Å². The van der Waals surface area contributed by atoms with Crippen LogP contribution in [0.25, 0.3) is 0 Å². The van der Waals surface area contributed by atoms with Gasteiger partial charge in [0.2, 0.25) is 5.91 Å². The number of hydrogen-bond donors (Lipinski definition) is 1. The topological polar surface area (TPSA) is 55.6 Å². The first-order chi connectivity index (χ1) is 10.1. The van der Waals surface area contributed by atoms with Gasteiger partial charge in [0.15, 0.2) is 0 Å². The molecule has 0 aliphatic carbocycles. The van der Waals surface area contributed by atoms with E-state index in [2.05, 4.69) is 13.8 Å². The molecule has 4 nitrogen and oxygen atoms in total. The molecule has 21 heavy (non-hydrogen) atoms. The Balaban J connectivity index is 1.98. The fourth-order valence-corrected chi connectivity index (χ4v) is 2.59. The normalized spacial score (nSPS) is 15.2. The first-order valence-corrected chi connectivity index (χ1v) is 7.84. The second-order valence-corrected chi connectivity index (χ2v) is 6.08. The monoisotopic (exact) mass is 290 g/mol. The van der Waals surface area contributed by atoms with Gasteiger partial charge in [0.1, 0.15) is 0 Å². The second-order valence-electron chi connectivity index (χ2n) is 6.08. The van der Waals surface area contributed by atoms with Crippen molar-refractivity contribution >= 4 is 17.3 Å². The highest BCUT2D eigenvalue weighted by Gasteiger charge is 2.21. The Bertz CT molecular complexity index is 486. The molecule has 1 amide bonds. The third-order valence-electron chi connectivity index (χ3n) is 3.83. The van der Waals surface area contributed by atoms with Crippen molar-refractivity contribution in [2.75, 3.05) is 30.4 Å². The van der Waals surface area contributed by atoms with E-state index in [0.717, 1.165) is 37.2 Å². The first kappa shape index (κ1) is 15.8. The SMILES string of the molecule is CC(C)CCOCCN1C(=O)CCCc2cc(N)ccc21. The zero-order valence-electron chi connectivity index (χ0n) is 13.1. The molecule has 1 aliphatic rings. The van der Waals surface area contributed by atoms with E-state index in [1.807, 2.05) is 23.1 Å². The first-order valence-electron chi connectivity index (χ1n) is 7.84. The minimum absolute atomic E-state index is 0.186. The molecule has 0 fully saturated rings. The summed E-state index contributed by atoms with van der Waals surface area (Å²) in [5, 5.41) is 0. The summed E-state index contributed by atoms with van der Waals surface area (Å²) in [6.45, 7) is 6.33. The molecule has 0 aromatic heterocycles. The Morgan fingerprint density at radius 2 is 2.10 bits per heavy atom. The van der Waals surface area contributed by atoms with Crippen LogP contribution in [0.1, 0.15) is 38.7 Å². The van der Waals surface area contributed by atoms with Crippen LogP contribution in [-0.2, 0) is 16.0 Å². The predicted octanol–water partition coefficient (Wildman–Crippen LogP) is 3.00. The Morgan fingerprint density at radius 1 is 1.29 bits per heavy atom. The highest BCUT2D eigenvalue weighted by atomic mass is 16.5. The zero-order valence-corrected chi connectivity index (χ0v) is 13.1. The smallest absolute Gasteiger partial charge is 0.227 e. The maximum absolute atomic E-state index is 12.3. The number of nitrogen functional groups attached to an aromatic ring is 1. The summed E-state index contributed by atoms with van der Waals surface area (Å²) in [5.74, 6) is 0.833. The number of rotatable bonds is 6. The predicted molar refractivity (Wildman–Crippen MR) is 86.4 cm³/mol. The summed E-state index contributed by atoms with van der Waals surface area (Å²) in [5.41, 5.74) is 8.78. The summed E-state index contributed by atoms with van der Waals surface area (Å²) in [6, 6.07) is 5.81. The number of nitrogens with two attached hydrogens (primary N) is 1. The third kappa shape index (κ3) is 4.46. The Labute approximate surface area is 127 Å². The number of fused-ring (bicyclic) bond motifs is 1. The van der Waals surface area contributed by atoms with Gasteiger partial charge in [0.05, 0.1) is 6.61 Å². The van der Waals surface area contributed by atoms with Crippen molar-refractivity contribution in [1.82, 2.24) is 0 Å². The van der Waals surface area contributed by atoms with Crippen LogP contribution in [0, 0.1) is 5.92 Å². The molecule has 0 spiro atoms. The number of carbonyl (C=O) groups is 1. The molecule has 1 heterocycles. The van der Waals surface area contributed by atoms with E-state index in [1.54, 1.807) is 0 Å². The zero-order chi connectivity index (χ0) is 15.2. The van der Waals surface area contributed by atoms with Crippen LogP contribution < -0.4 is 10.6 Å². The lowest BCUT2D eigenvalue weighted by Gasteiger charge is -2.23. The van der Waals surface area contributed by atoms with E-state index in [9.17, 15) is 4.79 Å². The number of anilines is 2. The highest BCUT2D eigenvalue weighted by molar-refractivity contribution is 5.95. The van der Waals surface area contributed by atoms with Crippen LogP contribution in [0.3, 0.4) is 0 Å². The fourth-order valence-electron chi connectivity index (χ4n) is 2.59. The molecule has 0 saturated carbocycles. The van der Waals surface area contributed by atoms with Gasteiger partial charge in [0.25, 0.3) is 0 Å². The summed E-state index contributed by atoms with van der Waals surface area (Å²) >= 11 is 0. The summed E-state index contributed by atoms with van der Waals surface area (Å²) in [6.07, 6.45) is 3.46. The molecule has 0 bridgehead atoms. The molecule has 116 valence electrons. The van der Waals surface area contributed by atoms with Crippen molar-refractivity contribution < 1.29 is 9.53 Å². The Morgan fingerprint density at radius 3 is 2.86 bits per heavy atom. The van der Waals surface area contributed by atoms with Crippen LogP contribution in [0.2, 0.25) is 0 Å². The average Bonchev–Trinajstić information content (AvgIpc) is 2.57. The van der Waals surface area contributed by atoms with Crippen LogP contribution in [0.5, 0.6) is 0 Å². The van der Waals surface area contributed by atoms with E-state index in [-0.39, 0.29) is 5.91 Å². The lowest BCUT2D eigenvalue weighted by molar-refractivity contribution is -0.118. The van der Waals surface area contributed by atoms with Crippen molar-refractivity contribution in [1.29, 1.82) is 0 Å². The van der Waals surface area contributed by atoms with Crippen molar-refractivity contribution in [3.8, 4) is 0 Å². The Kier molecular flexibility index (Phi) is 5.62. The number of hydrogen-bond acceptors (Lipinski definition) is 3. The third-order valence-corrected chi connectivity index (χ3v) is 3.83. The maximum Gasteiger partial charge on any atom is 0.227 e. The number of aryl methyl sites for hydroxylation is 1. The number of carbonyl (C=O) groups excluding carboxylic acids is 1. The number of nitrogens with zero attached hydrogens (tertiary/aromatic N) is 1. The average molecular weight is 290 g/mol. The number of amides is 1. The van der Waals surface area contributed by atoms with Crippen LogP contribution >= 0.6 is 0 Å². The molecule has 1 aliphatic heterocycles. The van der Waals surface area contributed by atoms with E-state index < -0.39 is 0 Å². The molecular weight excluding hydrogens is 264 g/mol. The van der Waals surface area contributed by atoms with Crippen molar-refractivity contribution in [2.45, 2.75) is 39.5 Å². The number of ether oxygens (including phenoxy) is 1. The van der Waals surface area contributed by atoms with Crippen molar-refractivity contribution in [3.63, 3.8) is 0 Å². The molecular formula is C17H26N2O2. The van der Waals surface area contributed by atoms with Gasteiger partial charge in [-0.05, 0) is 48.9 Å². The Hall–Kier alpha value is -1.55. The minimum Gasteiger partial charge on any atom is -0.399 e. The van der Waals surface area contributed by atoms with Gasteiger partial charge in [0, 0.05) is 30.9 Å². The molecule has 0 unspecified atom stereocenters. The van der Waals surface area contributed by atoms with Gasteiger partial charge >= 0.3 is 0 Å². The highest BCUT2D eigenvalue weighted by Crippen LogP contribution is 2.28. The van der Waals surface area contributed by atoms with Crippen molar-refractivity contribution in [3.05, 3.63) is 23.8 Å². The molecule has 2 rings (SSSR count). The van der Waals surface area contributed by atoms with Gasteiger partial charge in [-0.2, -0.15) is 0 Å². The van der Waals surface area contributed by atoms with Gasteiger partial charge in [-0.25, -0.2) is 0 Å². The summed E-state index contributed by atoms with van der Waals surface area (Å²) < 4.78 is 5.66. The van der Waals surface area contributed by atoms with E-state index >= 15 is 0 Å². The molecule has 1 aromatic rings. The standard InChI is InChI=1S/C17H26N2O2/c1-13(2)8-10-21-11-9-19-16-7-6-15(18)12-14(16)4-3-5-17(19)20/h6-7,12-13H,3-5,8-11,18H2,1-2H3. The van der Waals surface area contributed by atoms with Crippen LogP contribution in [0.4, 0.5) is 11.4 Å². The van der Waals surface area contributed by atoms with Crippen molar-refractivity contribution in [2.24, 2.45) is 5.92 Å². The lowest BCUT2D eigenvalue weighted by atomic mass is 10.1. The molecule has 2 N–H and O–H groups in total. The molecule has 0 saturated heterocycles. The van der Waals surface area contributed by atoms with Gasteiger partial charge in [-0.1, -0.05) is 13.8 Å². The van der Waals surface area contributed by atoms with E-state index in [1.165, 1.54) is 5.56 Å². The molecule has 0 radical (unpaired) electrons. The summed E-state index contributed by atoms with van der Waals surface area (Å²) in [4.78, 5) is 14.1. The quantitative estimate of drug-likeness (QED) is 0.647. The molecule has 1 aromatic carbocycles. The fraction of sp³-hybridized carbons (Fsp3) is 0.588. The largest absolute Gasteiger partial charge is 0.399 e.